The summed E-state index contributed by atoms with van der Waals surface area (Å²) in [7, 11) is 0. The van der Waals surface area contributed by atoms with E-state index in [1.807, 2.05) is 36.4 Å². The van der Waals surface area contributed by atoms with Crippen LogP contribution in [0.15, 0.2) is 36.4 Å². The van der Waals surface area contributed by atoms with Crippen LogP contribution in [0.25, 0.3) is 10.8 Å². The Bertz CT molecular complexity index is 386. The smallest absolute Gasteiger partial charge is 0.0412 e. The summed E-state index contributed by atoms with van der Waals surface area (Å²) < 4.78 is 0. The van der Waals surface area contributed by atoms with E-state index in [-0.39, 0.29) is 0 Å². The molecule has 1 nitrogen and oxygen atoms in total. The maximum absolute atomic E-state index is 5.83. The van der Waals surface area contributed by atoms with Gasteiger partial charge in [-0.3, -0.25) is 0 Å². The van der Waals surface area contributed by atoms with Crippen LogP contribution in [0.2, 0.25) is 5.02 Å². The van der Waals surface area contributed by atoms with Gasteiger partial charge in [0.1, 0.15) is 0 Å². The van der Waals surface area contributed by atoms with Crippen molar-refractivity contribution in [1.82, 2.24) is 0 Å². The van der Waals surface area contributed by atoms with E-state index in [9.17, 15) is 0 Å². The molecule has 0 unspecified atom stereocenters. The SMILES string of the molecule is Nc1ccc2ccc(Cl)cc2c1. The fourth-order valence-electron chi connectivity index (χ4n) is 1.24. The monoisotopic (exact) mass is 177 g/mol. The highest BCUT2D eigenvalue weighted by atomic mass is 35.5. The Morgan fingerprint density at radius 2 is 1.67 bits per heavy atom. The third-order valence-corrected chi connectivity index (χ3v) is 2.06. The van der Waals surface area contributed by atoms with Gasteiger partial charge in [0.25, 0.3) is 0 Å². The van der Waals surface area contributed by atoms with E-state index >= 15 is 0 Å². The fourth-order valence-corrected chi connectivity index (χ4v) is 1.42. The van der Waals surface area contributed by atoms with Crippen molar-refractivity contribution >= 4 is 28.1 Å². The molecule has 2 heteroatoms. The molecule has 0 atom stereocenters. The molecule has 0 saturated carbocycles. The first-order valence-electron chi connectivity index (χ1n) is 3.70. The van der Waals surface area contributed by atoms with Crippen LogP contribution in [0.1, 0.15) is 0 Å². The van der Waals surface area contributed by atoms with E-state index in [0.717, 1.165) is 21.5 Å². The Morgan fingerprint density at radius 3 is 2.50 bits per heavy atom. The lowest BCUT2D eigenvalue weighted by Crippen LogP contribution is -1.83. The molecule has 2 aromatic rings. The van der Waals surface area contributed by atoms with Gasteiger partial charge in [0.05, 0.1) is 0 Å². The Kier molecular flexibility index (Phi) is 1.66. The van der Waals surface area contributed by atoms with Gasteiger partial charge >= 0.3 is 0 Å². The van der Waals surface area contributed by atoms with Crippen LogP contribution in [-0.2, 0) is 0 Å². The molecular weight excluding hydrogens is 170 g/mol. The molecule has 0 spiro atoms. The van der Waals surface area contributed by atoms with Gasteiger partial charge in [-0.1, -0.05) is 23.7 Å². The number of rotatable bonds is 0. The summed E-state index contributed by atoms with van der Waals surface area (Å²) in [6.45, 7) is 0. The van der Waals surface area contributed by atoms with E-state index in [0.29, 0.717) is 0 Å². The molecule has 0 saturated heterocycles. The molecule has 0 aromatic heterocycles. The highest BCUT2D eigenvalue weighted by molar-refractivity contribution is 6.31. The summed E-state index contributed by atoms with van der Waals surface area (Å²) in [6.07, 6.45) is 0. The van der Waals surface area contributed by atoms with E-state index in [1.165, 1.54) is 0 Å². The first kappa shape index (κ1) is 7.44. The van der Waals surface area contributed by atoms with Crippen LogP contribution >= 0.6 is 11.6 Å². The normalized spacial score (nSPS) is 10.4. The van der Waals surface area contributed by atoms with Crippen molar-refractivity contribution in [3.63, 3.8) is 0 Å². The number of halogens is 1. The van der Waals surface area contributed by atoms with Gasteiger partial charge in [-0.2, -0.15) is 0 Å². The van der Waals surface area contributed by atoms with Crippen molar-refractivity contribution < 1.29 is 0 Å². The van der Waals surface area contributed by atoms with Gasteiger partial charge in [0.15, 0.2) is 0 Å². The minimum atomic E-state index is 0.744. The fraction of sp³-hybridized carbons (Fsp3) is 0. The number of anilines is 1. The van der Waals surface area contributed by atoms with Crippen molar-refractivity contribution in [2.75, 3.05) is 5.73 Å². The minimum absolute atomic E-state index is 0.744. The number of fused-ring (bicyclic) bond motifs is 1. The quantitative estimate of drug-likeness (QED) is 0.615. The van der Waals surface area contributed by atoms with E-state index < -0.39 is 0 Å². The average Bonchev–Trinajstić information content (AvgIpc) is 2.03. The van der Waals surface area contributed by atoms with Crippen molar-refractivity contribution in [2.24, 2.45) is 0 Å². The molecule has 0 heterocycles. The molecule has 2 aromatic carbocycles. The molecule has 0 aliphatic rings. The number of benzene rings is 2. The van der Waals surface area contributed by atoms with Crippen molar-refractivity contribution in [3.8, 4) is 0 Å². The van der Waals surface area contributed by atoms with Gasteiger partial charge in [-0.15, -0.1) is 0 Å². The van der Waals surface area contributed by atoms with Crippen molar-refractivity contribution in [1.29, 1.82) is 0 Å². The van der Waals surface area contributed by atoms with Crippen LogP contribution in [0.4, 0.5) is 5.69 Å². The maximum Gasteiger partial charge on any atom is 0.0412 e. The number of hydrogen-bond donors (Lipinski definition) is 1. The highest BCUT2D eigenvalue weighted by Gasteiger charge is 1.94. The van der Waals surface area contributed by atoms with Crippen LogP contribution in [0.5, 0.6) is 0 Å². The topological polar surface area (TPSA) is 26.0 Å². The van der Waals surface area contributed by atoms with E-state index in [4.69, 9.17) is 17.3 Å². The first-order valence-corrected chi connectivity index (χ1v) is 4.08. The van der Waals surface area contributed by atoms with Crippen LogP contribution in [0, 0.1) is 0 Å². The summed E-state index contributed by atoms with van der Waals surface area (Å²) in [5, 5.41) is 2.99. The predicted molar refractivity (Wildman–Crippen MR) is 53.4 cm³/mol. The molecule has 12 heavy (non-hydrogen) atoms. The zero-order valence-corrected chi connectivity index (χ0v) is 7.18. The number of nitrogens with two attached hydrogens (primary N) is 1. The Balaban J connectivity index is 2.80. The average molecular weight is 178 g/mol. The summed E-state index contributed by atoms with van der Waals surface area (Å²) in [5.41, 5.74) is 6.40. The molecule has 60 valence electrons. The summed E-state index contributed by atoms with van der Waals surface area (Å²) in [6, 6.07) is 11.6. The van der Waals surface area contributed by atoms with Crippen LogP contribution in [-0.4, -0.2) is 0 Å². The Labute approximate surface area is 75.8 Å². The minimum Gasteiger partial charge on any atom is -0.399 e. The Morgan fingerprint density at radius 1 is 0.917 bits per heavy atom. The molecular formula is C10H8ClN. The second-order valence-corrected chi connectivity index (χ2v) is 3.19. The van der Waals surface area contributed by atoms with Gasteiger partial charge in [0, 0.05) is 10.7 Å². The predicted octanol–water partition coefficient (Wildman–Crippen LogP) is 3.08. The third-order valence-electron chi connectivity index (χ3n) is 1.83. The van der Waals surface area contributed by atoms with Gasteiger partial charge < -0.3 is 5.73 Å². The summed E-state index contributed by atoms with van der Waals surface area (Å²) >= 11 is 5.83. The second-order valence-electron chi connectivity index (χ2n) is 2.75. The molecule has 0 aliphatic carbocycles. The zero-order chi connectivity index (χ0) is 8.55. The molecule has 0 amide bonds. The molecule has 0 radical (unpaired) electrons. The summed E-state index contributed by atoms with van der Waals surface area (Å²) in [4.78, 5) is 0. The molecule has 0 bridgehead atoms. The van der Waals surface area contributed by atoms with Crippen LogP contribution < -0.4 is 5.73 Å². The lowest BCUT2D eigenvalue weighted by Gasteiger charge is -1.98. The standard InChI is InChI=1S/C10H8ClN/c11-9-3-1-7-2-4-10(12)6-8(7)5-9/h1-6H,12H2. The van der Waals surface area contributed by atoms with E-state index in [2.05, 4.69) is 0 Å². The highest BCUT2D eigenvalue weighted by Crippen LogP contribution is 2.21. The number of hydrogen-bond acceptors (Lipinski definition) is 1. The summed E-state index contributed by atoms with van der Waals surface area (Å²) in [5.74, 6) is 0. The molecule has 2 N–H and O–H groups in total. The molecule has 2 rings (SSSR count). The zero-order valence-electron chi connectivity index (χ0n) is 6.42. The number of nitrogen functional groups attached to an aromatic ring is 1. The van der Waals surface area contributed by atoms with Gasteiger partial charge in [-0.05, 0) is 35.0 Å². The largest absolute Gasteiger partial charge is 0.399 e. The van der Waals surface area contributed by atoms with Crippen molar-refractivity contribution in [2.45, 2.75) is 0 Å². The Hall–Kier alpha value is -1.21. The lowest BCUT2D eigenvalue weighted by atomic mass is 10.1. The van der Waals surface area contributed by atoms with Crippen LogP contribution in [0.3, 0.4) is 0 Å². The second kappa shape index (κ2) is 2.68. The van der Waals surface area contributed by atoms with Crippen molar-refractivity contribution in [3.05, 3.63) is 41.4 Å². The molecule has 0 fully saturated rings. The van der Waals surface area contributed by atoms with Gasteiger partial charge in [-0.25, -0.2) is 0 Å². The lowest BCUT2D eigenvalue weighted by molar-refractivity contribution is 1.72. The molecule has 0 aliphatic heterocycles. The maximum atomic E-state index is 5.83. The van der Waals surface area contributed by atoms with E-state index in [1.54, 1.807) is 0 Å². The third kappa shape index (κ3) is 1.23. The first-order chi connectivity index (χ1) is 5.75. The van der Waals surface area contributed by atoms with Gasteiger partial charge in [0.2, 0.25) is 0 Å².